The maximum Gasteiger partial charge on any atom is 0.262 e. The number of aromatic nitrogens is 3. The second kappa shape index (κ2) is 10.4. The van der Waals surface area contributed by atoms with E-state index in [9.17, 15) is 18.0 Å². The van der Waals surface area contributed by atoms with Crippen molar-refractivity contribution in [3.63, 3.8) is 0 Å². The summed E-state index contributed by atoms with van der Waals surface area (Å²) in [5.74, 6) is -0.487. The zero-order valence-corrected chi connectivity index (χ0v) is 21.7. The Labute approximate surface area is 214 Å². The average molecular weight is 522 g/mol. The fourth-order valence-corrected chi connectivity index (χ4v) is 5.08. The fraction of sp³-hybridized carbons (Fsp3) is 0.231. The first kappa shape index (κ1) is 25.8. The predicted octanol–water partition coefficient (Wildman–Crippen LogP) is 2.96. The summed E-state index contributed by atoms with van der Waals surface area (Å²) in [5, 5.41) is 2.94. The minimum atomic E-state index is -3.90. The van der Waals surface area contributed by atoms with Crippen molar-refractivity contribution < 1.29 is 17.9 Å². The number of methoxy groups -OCH3 is 1. The van der Waals surface area contributed by atoms with Crippen LogP contribution in [0.5, 0.6) is 5.88 Å². The van der Waals surface area contributed by atoms with Crippen LogP contribution in [0.1, 0.15) is 12.5 Å². The molecule has 37 heavy (non-hydrogen) atoms. The Morgan fingerprint density at radius 3 is 2.59 bits per heavy atom. The molecule has 2 heterocycles. The van der Waals surface area contributed by atoms with Gasteiger partial charge in [-0.1, -0.05) is 25.1 Å². The smallest absolute Gasteiger partial charge is 0.262 e. The zero-order chi connectivity index (χ0) is 26.7. The second-order valence-electron chi connectivity index (χ2n) is 8.65. The molecule has 1 amide bonds. The highest BCUT2D eigenvalue weighted by Crippen LogP contribution is 2.31. The van der Waals surface area contributed by atoms with Crippen LogP contribution in [-0.2, 0) is 21.4 Å². The molecule has 4 aromatic rings. The summed E-state index contributed by atoms with van der Waals surface area (Å²) in [7, 11) is -0.956. The van der Waals surface area contributed by atoms with Crippen LogP contribution in [0.4, 0.5) is 5.69 Å². The van der Waals surface area contributed by atoms with Crippen molar-refractivity contribution in [1.82, 2.24) is 19.9 Å². The number of fused-ring (bicyclic) bond motifs is 1. The third-order valence-corrected chi connectivity index (χ3v) is 7.27. The van der Waals surface area contributed by atoms with E-state index >= 15 is 0 Å². The van der Waals surface area contributed by atoms with Gasteiger partial charge in [0.15, 0.2) is 0 Å². The lowest BCUT2D eigenvalue weighted by molar-refractivity contribution is -0.124. The van der Waals surface area contributed by atoms with Gasteiger partial charge >= 0.3 is 0 Å². The molecular weight excluding hydrogens is 494 g/mol. The molecular formula is C26H27N5O5S. The van der Waals surface area contributed by atoms with E-state index in [0.29, 0.717) is 22.0 Å². The van der Waals surface area contributed by atoms with Crippen LogP contribution in [0.2, 0.25) is 0 Å². The third kappa shape index (κ3) is 5.46. The quantitative estimate of drug-likeness (QED) is 0.364. The van der Waals surface area contributed by atoms with Crippen molar-refractivity contribution in [2.45, 2.75) is 25.3 Å². The molecule has 0 bridgehead atoms. The van der Waals surface area contributed by atoms with E-state index in [2.05, 4.69) is 20.0 Å². The van der Waals surface area contributed by atoms with E-state index in [0.717, 1.165) is 5.56 Å². The SMILES string of the molecule is CNC(=O)[C@H](C)Cn1cnc2ccc(-c3cnc(OC)c(NS(=O)(=O)c4cccc(C)c4)c3)cc2c1=O. The number of sulfonamides is 1. The Bertz CT molecular complexity index is 1650. The Morgan fingerprint density at radius 2 is 1.89 bits per heavy atom. The Morgan fingerprint density at radius 1 is 1.11 bits per heavy atom. The molecule has 0 fully saturated rings. The standard InChI is InChI=1S/C26H27N5O5S/c1-16-6-5-7-20(10-16)37(34,35)30-23-12-19(13-28-25(23)36-4)18-8-9-22-21(11-18)26(33)31(15-29-22)14-17(2)24(32)27-3/h5-13,15,17,30H,14H2,1-4H3,(H,27,32)/t17-/m1/s1. The molecule has 192 valence electrons. The summed E-state index contributed by atoms with van der Waals surface area (Å²) >= 11 is 0. The Balaban J connectivity index is 1.73. The second-order valence-corrected chi connectivity index (χ2v) is 10.3. The van der Waals surface area contributed by atoms with Gasteiger partial charge in [-0.2, -0.15) is 0 Å². The number of hydrogen-bond acceptors (Lipinski definition) is 7. The number of anilines is 1. The number of rotatable bonds is 8. The number of ether oxygens (including phenoxy) is 1. The number of carbonyl (C=O) groups excluding carboxylic acids is 1. The van der Waals surface area contributed by atoms with E-state index in [1.165, 1.54) is 30.3 Å². The first-order chi connectivity index (χ1) is 17.6. The first-order valence-corrected chi connectivity index (χ1v) is 13.0. The van der Waals surface area contributed by atoms with E-state index in [1.807, 2.05) is 13.0 Å². The molecule has 2 N–H and O–H groups in total. The molecule has 0 radical (unpaired) electrons. The minimum absolute atomic E-state index is 0.105. The highest BCUT2D eigenvalue weighted by Gasteiger charge is 2.19. The number of nitrogens with zero attached hydrogens (tertiary/aromatic N) is 3. The molecule has 2 aromatic heterocycles. The van der Waals surface area contributed by atoms with Crippen molar-refractivity contribution >= 4 is 32.5 Å². The largest absolute Gasteiger partial charge is 0.480 e. The number of nitrogens with one attached hydrogen (secondary N) is 2. The predicted molar refractivity (Wildman–Crippen MR) is 141 cm³/mol. The third-order valence-electron chi connectivity index (χ3n) is 5.91. The topological polar surface area (TPSA) is 132 Å². The molecule has 10 nitrogen and oxygen atoms in total. The van der Waals surface area contributed by atoms with Crippen LogP contribution in [0.3, 0.4) is 0 Å². The number of carbonyl (C=O) groups is 1. The summed E-state index contributed by atoms with van der Waals surface area (Å²) in [5.41, 5.74) is 2.38. The number of hydrogen-bond donors (Lipinski definition) is 2. The lowest BCUT2D eigenvalue weighted by Crippen LogP contribution is -2.32. The van der Waals surface area contributed by atoms with Crippen molar-refractivity contribution in [3.8, 4) is 17.0 Å². The summed E-state index contributed by atoms with van der Waals surface area (Å²) in [6.45, 7) is 3.72. The van der Waals surface area contributed by atoms with Crippen molar-refractivity contribution in [3.05, 3.63) is 77.0 Å². The maximum absolute atomic E-state index is 13.2. The Hall–Kier alpha value is -4.25. The van der Waals surface area contributed by atoms with Gasteiger partial charge in [0.25, 0.3) is 15.6 Å². The van der Waals surface area contributed by atoms with Gasteiger partial charge in [-0.25, -0.2) is 18.4 Å². The number of amides is 1. The van der Waals surface area contributed by atoms with Gasteiger partial charge in [0.2, 0.25) is 11.8 Å². The minimum Gasteiger partial charge on any atom is -0.480 e. The van der Waals surface area contributed by atoms with Crippen molar-refractivity contribution in [2.24, 2.45) is 5.92 Å². The van der Waals surface area contributed by atoms with Crippen molar-refractivity contribution in [2.75, 3.05) is 18.9 Å². The summed E-state index contributed by atoms with van der Waals surface area (Å²) in [4.78, 5) is 33.8. The van der Waals surface area contributed by atoms with E-state index in [1.54, 1.807) is 50.4 Å². The van der Waals surface area contributed by atoms with E-state index < -0.39 is 15.9 Å². The molecule has 0 aliphatic rings. The van der Waals surface area contributed by atoms with Gasteiger partial charge in [-0.15, -0.1) is 0 Å². The lowest BCUT2D eigenvalue weighted by Gasteiger charge is -2.14. The summed E-state index contributed by atoms with van der Waals surface area (Å²) in [6.07, 6.45) is 2.96. The number of pyridine rings is 1. The molecule has 0 saturated carbocycles. The van der Waals surface area contributed by atoms with Crippen molar-refractivity contribution in [1.29, 1.82) is 0 Å². The number of benzene rings is 2. The van der Waals surface area contributed by atoms with Crippen LogP contribution in [0, 0.1) is 12.8 Å². The summed E-state index contributed by atoms with van der Waals surface area (Å²) < 4.78 is 35.3. The van der Waals surface area contributed by atoms with Gasteiger partial charge in [-0.3, -0.25) is 18.9 Å². The van der Waals surface area contributed by atoms with Crippen LogP contribution >= 0.6 is 0 Å². The normalized spacial score (nSPS) is 12.2. The van der Waals surface area contributed by atoms with Gasteiger partial charge in [0.1, 0.15) is 5.69 Å². The molecule has 0 spiro atoms. The van der Waals surface area contributed by atoms with Crippen LogP contribution < -0.4 is 20.3 Å². The van der Waals surface area contributed by atoms with Crippen LogP contribution in [-0.4, -0.2) is 43.0 Å². The highest BCUT2D eigenvalue weighted by molar-refractivity contribution is 7.92. The molecule has 0 saturated heterocycles. The Kier molecular flexibility index (Phi) is 7.25. The maximum atomic E-state index is 13.2. The van der Waals surface area contributed by atoms with Crippen LogP contribution in [0.15, 0.2) is 70.7 Å². The van der Waals surface area contributed by atoms with Gasteiger partial charge < -0.3 is 10.1 Å². The molecule has 0 aliphatic carbocycles. The fourth-order valence-electron chi connectivity index (χ4n) is 3.92. The average Bonchev–Trinajstić information content (AvgIpc) is 2.89. The molecule has 1 atom stereocenters. The monoisotopic (exact) mass is 521 g/mol. The molecule has 11 heteroatoms. The molecule has 0 aliphatic heterocycles. The molecule has 0 unspecified atom stereocenters. The zero-order valence-electron chi connectivity index (χ0n) is 20.8. The highest BCUT2D eigenvalue weighted by atomic mass is 32.2. The molecule has 4 rings (SSSR count). The molecule has 2 aromatic carbocycles. The number of aryl methyl sites for hydroxylation is 1. The first-order valence-electron chi connectivity index (χ1n) is 11.5. The summed E-state index contributed by atoms with van der Waals surface area (Å²) in [6, 6.07) is 13.3. The lowest BCUT2D eigenvalue weighted by atomic mass is 10.0. The van der Waals surface area contributed by atoms with Gasteiger partial charge in [0, 0.05) is 25.4 Å². The van der Waals surface area contributed by atoms with E-state index in [4.69, 9.17) is 4.74 Å². The van der Waals surface area contributed by atoms with Gasteiger partial charge in [0.05, 0.1) is 35.2 Å². The van der Waals surface area contributed by atoms with E-state index in [-0.39, 0.29) is 34.5 Å². The van der Waals surface area contributed by atoms with Gasteiger partial charge in [-0.05, 0) is 48.4 Å². The van der Waals surface area contributed by atoms with Crippen LogP contribution in [0.25, 0.3) is 22.0 Å².